The quantitative estimate of drug-likeness (QED) is 0.765. The first-order chi connectivity index (χ1) is 8.83. The number of anilines is 1. The van der Waals surface area contributed by atoms with Gasteiger partial charge in [-0.25, -0.2) is 0 Å². The van der Waals surface area contributed by atoms with Crippen molar-refractivity contribution in [3.63, 3.8) is 0 Å². The van der Waals surface area contributed by atoms with Crippen LogP contribution >= 0.6 is 0 Å². The lowest BCUT2D eigenvalue weighted by Crippen LogP contribution is -2.35. The van der Waals surface area contributed by atoms with Crippen molar-refractivity contribution in [2.75, 3.05) is 11.9 Å². The van der Waals surface area contributed by atoms with Crippen molar-refractivity contribution in [3.8, 4) is 0 Å². The molecule has 1 aromatic carbocycles. The van der Waals surface area contributed by atoms with E-state index in [-0.39, 0.29) is 6.10 Å². The minimum Gasteiger partial charge on any atom is -0.393 e. The summed E-state index contributed by atoms with van der Waals surface area (Å²) >= 11 is 0. The molecule has 18 heavy (non-hydrogen) atoms. The molecule has 0 saturated heterocycles. The fraction of sp³-hybridized carbons (Fsp3) is 0.600. The molecule has 2 unspecified atom stereocenters. The van der Waals surface area contributed by atoms with E-state index in [9.17, 15) is 5.11 Å². The van der Waals surface area contributed by atoms with E-state index in [1.807, 2.05) is 0 Å². The Morgan fingerprint density at radius 1 is 1.33 bits per heavy atom. The van der Waals surface area contributed by atoms with Gasteiger partial charge in [0.05, 0.1) is 6.10 Å². The summed E-state index contributed by atoms with van der Waals surface area (Å²) in [6, 6.07) is 7.04. The van der Waals surface area contributed by atoms with Crippen molar-refractivity contribution < 1.29 is 5.11 Å². The maximum absolute atomic E-state index is 9.68. The molecule has 2 atom stereocenters. The van der Waals surface area contributed by atoms with E-state index in [0.717, 1.165) is 38.8 Å². The van der Waals surface area contributed by atoms with Crippen molar-refractivity contribution in [3.05, 3.63) is 29.3 Å². The number of rotatable bonds is 3. The lowest BCUT2D eigenvalue weighted by molar-refractivity contribution is 0.111. The predicted molar refractivity (Wildman–Crippen MR) is 73.7 cm³/mol. The predicted octanol–water partition coefficient (Wildman–Crippen LogP) is 2.05. The molecule has 0 spiro atoms. The second-order valence-corrected chi connectivity index (χ2v) is 5.53. The second kappa shape index (κ2) is 5.29. The van der Waals surface area contributed by atoms with Gasteiger partial charge < -0.3 is 15.7 Å². The molecule has 3 heteroatoms. The van der Waals surface area contributed by atoms with Crippen molar-refractivity contribution in [2.24, 2.45) is 0 Å². The zero-order chi connectivity index (χ0) is 12.4. The summed E-state index contributed by atoms with van der Waals surface area (Å²) in [7, 11) is 0. The Morgan fingerprint density at radius 3 is 3.17 bits per heavy atom. The highest BCUT2D eigenvalue weighted by molar-refractivity contribution is 5.61. The summed E-state index contributed by atoms with van der Waals surface area (Å²) in [4.78, 5) is 0. The average molecular weight is 246 g/mol. The smallest absolute Gasteiger partial charge is 0.0555 e. The van der Waals surface area contributed by atoms with Gasteiger partial charge >= 0.3 is 0 Å². The van der Waals surface area contributed by atoms with Crippen molar-refractivity contribution >= 4 is 5.69 Å². The molecule has 1 aliphatic carbocycles. The zero-order valence-electron chi connectivity index (χ0n) is 10.8. The van der Waals surface area contributed by atoms with Crippen LogP contribution in [0.3, 0.4) is 0 Å². The standard InChI is InChI=1S/C15H22N2O/c18-14-6-2-5-13(9-14)17-10-12-4-1-3-11-7-8-16-15(11)12/h1,3-4,13-14,16-18H,2,5-10H2. The second-order valence-electron chi connectivity index (χ2n) is 5.53. The molecule has 1 heterocycles. The number of aliphatic hydroxyl groups excluding tert-OH is 1. The molecule has 0 aromatic heterocycles. The SMILES string of the molecule is OC1CCCC(NCc2cccc3c2NCC3)C1. The molecule has 1 aliphatic heterocycles. The fourth-order valence-electron chi connectivity index (χ4n) is 3.16. The summed E-state index contributed by atoms with van der Waals surface area (Å²) < 4.78 is 0. The largest absolute Gasteiger partial charge is 0.393 e. The maximum atomic E-state index is 9.68. The maximum Gasteiger partial charge on any atom is 0.0555 e. The molecule has 0 radical (unpaired) electrons. The highest BCUT2D eigenvalue weighted by Gasteiger charge is 2.20. The number of nitrogens with one attached hydrogen (secondary N) is 2. The van der Waals surface area contributed by atoms with E-state index in [1.54, 1.807) is 0 Å². The number of hydrogen-bond donors (Lipinski definition) is 3. The molecule has 1 fully saturated rings. The monoisotopic (exact) mass is 246 g/mol. The first-order valence-electron chi connectivity index (χ1n) is 7.09. The minimum atomic E-state index is -0.101. The van der Waals surface area contributed by atoms with Gasteiger partial charge in [-0.1, -0.05) is 18.2 Å². The molecular weight excluding hydrogens is 224 g/mol. The van der Waals surface area contributed by atoms with Gasteiger partial charge in [0, 0.05) is 24.8 Å². The molecule has 0 bridgehead atoms. The van der Waals surface area contributed by atoms with E-state index in [1.165, 1.54) is 23.2 Å². The van der Waals surface area contributed by atoms with Crippen molar-refractivity contribution in [2.45, 2.75) is 50.8 Å². The Kier molecular flexibility index (Phi) is 3.52. The van der Waals surface area contributed by atoms with Crippen molar-refractivity contribution in [1.82, 2.24) is 5.32 Å². The molecule has 3 rings (SSSR count). The van der Waals surface area contributed by atoms with Crippen LogP contribution in [0, 0.1) is 0 Å². The van der Waals surface area contributed by atoms with Crippen LogP contribution in [0.25, 0.3) is 0 Å². The van der Waals surface area contributed by atoms with E-state index < -0.39 is 0 Å². The molecule has 1 aromatic rings. The van der Waals surface area contributed by atoms with Gasteiger partial charge in [0.2, 0.25) is 0 Å². The molecular formula is C15H22N2O. The Morgan fingerprint density at radius 2 is 2.28 bits per heavy atom. The summed E-state index contributed by atoms with van der Waals surface area (Å²) in [5, 5.41) is 16.8. The third-order valence-electron chi connectivity index (χ3n) is 4.16. The van der Waals surface area contributed by atoms with Gasteiger partial charge in [-0.3, -0.25) is 0 Å². The highest BCUT2D eigenvalue weighted by atomic mass is 16.3. The van der Waals surface area contributed by atoms with Gasteiger partial charge in [0.25, 0.3) is 0 Å². The highest BCUT2D eigenvalue weighted by Crippen LogP contribution is 2.27. The molecule has 3 N–H and O–H groups in total. The molecule has 98 valence electrons. The molecule has 2 aliphatic rings. The van der Waals surface area contributed by atoms with Gasteiger partial charge in [0.15, 0.2) is 0 Å². The van der Waals surface area contributed by atoms with Crippen LogP contribution < -0.4 is 10.6 Å². The van der Waals surface area contributed by atoms with E-state index >= 15 is 0 Å². The van der Waals surface area contributed by atoms with Crippen LogP contribution in [0.1, 0.15) is 36.8 Å². The normalized spacial score (nSPS) is 26.7. The zero-order valence-corrected chi connectivity index (χ0v) is 10.8. The third kappa shape index (κ3) is 2.52. The third-order valence-corrected chi connectivity index (χ3v) is 4.16. The molecule has 3 nitrogen and oxygen atoms in total. The first-order valence-corrected chi connectivity index (χ1v) is 7.09. The average Bonchev–Trinajstić information content (AvgIpc) is 2.85. The van der Waals surface area contributed by atoms with Gasteiger partial charge in [-0.05, 0) is 43.2 Å². The Bertz CT molecular complexity index is 419. The van der Waals surface area contributed by atoms with Crippen LogP contribution in [0.2, 0.25) is 0 Å². The number of fused-ring (bicyclic) bond motifs is 1. The van der Waals surface area contributed by atoms with E-state index in [2.05, 4.69) is 28.8 Å². The number of aliphatic hydroxyl groups is 1. The summed E-state index contributed by atoms with van der Waals surface area (Å²) in [6.45, 7) is 1.97. The lowest BCUT2D eigenvalue weighted by atomic mass is 9.93. The Labute approximate surface area is 109 Å². The first kappa shape index (κ1) is 12.0. The number of hydrogen-bond acceptors (Lipinski definition) is 3. The number of benzene rings is 1. The fourth-order valence-corrected chi connectivity index (χ4v) is 3.16. The topological polar surface area (TPSA) is 44.3 Å². The van der Waals surface area contributed by atoms with E-state index in [0.29, 0.717) is 6.04 Å². The summed E-state index contributed by atoms with van der Waals surface area (Å²) in [5.41, 5.74) is 4.14. The van der Waals surface area contributed by atoms with Gasteiger partial charge in [-0.15, -0.1) is 0 Å². The van der Waals surface area contributed by atoms with Crippen LogP contribution in [0.4, 0.5) is 5.69 Å². The summed E-state index contributed by atoms with van der Waals surface area (Å²) in [5.74, 6) is 0. The van der Waals surface area contributed by atoms with E-state index in [4.69, 9.17) is 0 Å². The van der Waals surface area contributed by atoms with Crippen LogP contribution in [0.5, 0.6) is 0 Å². The Hall–Kier alpha value is -1.06. The van der Waals surface area contributed by atoms with Gasteiger partial charge in [0.1, 0.15) is 0 Å². The Balaban J connectivity index is 1.61. The lowest BCUT2D eigenvalue weighted by Gasteiger charge is -2.27. The minimum absolute atomic E-state index is 0.101. The van der Waals surface area contributed by atoms with Gasteiger partial charge in [-0.2, -0.15) is 0 Å². The van der Waals surface area contributed by atoms with Crippen LogP contribution in [-0.2, 0) is 13.0 Å². The van der Waals surface area contributed by atoms with Crippen molar-refractivity contribution in [1.29, 1.82) is 0 Å². The van der Waals surface area contributed by atoms with Crippen LogP contribution in [0.15, 0.2) is 18.2 Å². The summed E-state index contributed by atoms with van der Waals surface area (Å²) in [6.07, 6.45) is 5.26. The molecule has 0 amide bonds. The molecule has 1 saturated carbocycles. The number of para-hydroxylation sites is 1. The van der Waals surface area contributed by atoms with Crippen LogP contribution in [-0.4, -0.2) is 23.8 Å².